The summed E-state index contributed by atoms with van der Waals surface area (Å²) in [4.78, 5) is 30.0. The molecule has 2 aromatic carbocycles. The second kappa shape index (κ2) is 8.89. The zero-order valence-corrected chi connectivity index (χ0v) is 17.7. The Balaban J connectivity index is 1.98. The minimum atomic E-state index is -0.714. The molecule has 4 rings (SSSR count). The molecule has 0 aliphatic heterocycles. The van der Waals surface area contributed by atoms with Crippen molar-refractivity contribution in [1.29, 1.82) is 0 Å². The molecule has 0 spiro atoms. The second-order valence-electron chi connectivity index (χ2n) is 7.12. The molecule has 0 fully saturated rings. The summed E-state index contributed by atoms with van der Waals surface area (Å²) in [6, 6.07) is 20.1. The fraction of sp³-hybridized carbons (Fsp3) is 0.115. The van der Waals surface area contributed by atoms with Gasteiger partial charge in [-0.25, -0.2) is 9.59 Å². The maximum absolute atomic E-state index is 12.8. The van der Waals surface area contributed by atoms with Gasteiger partial charge in [0.15, 0.2) is 5.76 Å². The summed E-state index contributed by atoms with van der Waals surface area (Å²) in [5.74, 6) is -0.872. The van der Waals surface area contributed by atoms with Crippen LogP contribution in [0.25, 0.3) is 38.9 Å². The van der Waals surface area contributed by atoms with Gasteiger partial charge in [0.2, 0.25) is 0 Å². The van der Waals surface area contributed by atoms with E-state index in [1.807, 2.05) is 36.4 Å². The maximum Gasteiger partial charge on any atom is 0.344 e. The number of esters is 1. The molecule has 0 saturated carbocycles. The fourth-order valence-corrected chi connectivity index (χ4v) is 3.59. The van der Waals surface area contributed by atoms with E-state index in [4.69, 9.17) is 9.15 Å². The van der Waals surface area contributed by atoms with E-state index < -0.39 is 11.6 Å². The number of aromatic nitrogens is 1. The normalized spacial score (nSPS) is 11.8. The number of carbonyl (C=O) groups excluding carboxylic acids is 1. The van der Waals surface area contributed by atoms with Gasteiger partial charge in [0.1, 0.15) is 17.0 Å². The molecule has 0 radical (unpaired) electrons. The number of hydrogen-bond acceptors (Lipinski definition) is 6. The van der Waals surface area contributed by atoms with Crippen molar-refractivity contribution in [3.05, 3.63) is 94.7 Å². The topological polar surface area (TPSA) is 89.6 Å². The highest BCUT2D eigenvalue weighted by Crippen LogP contribution is 2.35. The van der Waals surface area contributed by atoms with E-state index >= 15 is 0 Å². The number of aliphatic hydroxyl groups is 1. The van der Waals surface area contributed by atoms with Crippen molar-refractivity contribution >= 4 is 22.3 Å². The lowest BCUT2D eigenvalue weighted by Gasteiger charge is -2.14. The molecule has 0 saturated heterocycles. The van der Waals surface area contributed by atoms with Crippen LogP contribution in [-0.4, -0.2) is 22.7 Å². The van der Waals surface area contributed by atoms with E-state index in [-0.39, 0.29) is 34.6 Å². The lowest BCUT2D eigenvalue weighted by atomic mass is 9.95. The summed E-state index contributed by atoms with van der Waals surface area (Å²) >= 11 is 0. The number of rotatable bonds is 5. The number of hydrogen-bond donors (Lipinski definition) is 1. The molecule has 2 aromatic heterocycles. The number of nitrogens with zero attached hydrogens (tertiary/aromatic N) is 1. The Morgan fingerprint density at radius 2 is 1.66 bits per heavy atom. The predicted octanol–water partition coefficient (Wildman–Crippen LogP) is 5.37. The van der Waals surface area contributed by atoms with E-state index in [0.29, 0.717) is 11.1 Å². The van der Waals surface area contributed by atoms with Crippen LogP contribution in [0.2, 0.25) is 0 Å². The highest BCUT2D eigenvalue weighted by atomic mass is 16.5. The highest BCUT2D eigenvalue weighted by Gasteiger charge is 2.27. The van der Waals surface area contributed by atoms with E-state index in [1.165, 1.54) is 6.92 Å². The molecule has 6 nitrogen and oxygen atoms in total. The van der Waals surface area contributed by atoms with Gasteiger partial charge in [0.05, 0.1) is 12.0 Å². The number of aliphatic hydroxyl groups excluding tert-OH is 1. The van der Waals surface area contributed by atoms with Gasteiger partial charge in [0.25, 0.3) is 0 Å². The second-order valence-corrected chi connectivity index (χ2v) is 7.12. The summed E-state index contributed by atoms with van der Waals surface area (Å²) in [6.07, 6.45) is 1.67. The Morgan fingerprint density at radius 1 is 0.969 bits per heavy atom. The minimum absolute atomic E-state index is 0.0734. The maximum atomic E-state index is 12.8. The molecule has 0 amide bonds. The summed E-state index contributed by atoms with van der Waals surface area (Å²) < 4.78 is 10.8. The smallest absolute Gasteiger partial charge is 0.344 e. The minimum Gasteiger partial charge on any atom is -0.512 e. The average Bonchev–Trinajstić information content (AvgIpc) is 2.81. The van der Waals surface area contributed by atoms with Crippen molar-refractivity contribution in [2.24, 2.45) is 0 Å². The van der Waals surface area contributed by atoms with Crippen molar-refractivity contribution in [1.82, 2.24) is 4.98 Å². The molecule has 2 heterocycles. The fourth-order valence-electron chi connectivity index (χ4n) is 3.59. The van der Waals surface area contributed by atoms with Crippen LogP contribution in [0.15, 0.2) is 87.9 Å². The number of carbonyl (C=O) groups is 1. The van der Waals surface area contributed by atoms with Crippen LogP contribution in [0.5, 0.6) is 0 Å². The van der Waals surface area contributed by atoms with Crippen molar-refractivity contribution in [2.45, 2.75) is 13.8 Å². The zero-order chi connectivity index (χ0) is 22.7. The Bertz CT molecular complexity index is 1370. The highest BCUT2D eigenvalue weighted by molar-refractivity contribution is 6.22. The molecular formula is C26H21NO5. The van der Waals surface area contributed by atoms with Gasteiger partial charge in [-0.2, -0.15) is 0 Å². The molecule has 0 atom stereocenters. The van der Waals surface area contributed by atoms with Crippen molar-refractivity contribution in [2.75, 3.05) is 6.61 Å². The van der Waals surface area contributed by atoms with E-state index in [2.05, 4.69) is 4.98 Å². The van der Waals surface area contributed by atoms with Gasteiger partial charge in [-0.3, -0.25) is 4.98 Å². The van der Waals surface area contributed by atoms with E-state index in [1.54, 1.807) is 43.5 Å². The standard InChI is InChI=1S/C26H21NO5/c1-3-31-26(30)22(16(2)28)23-19-11-7-8-12-20(19)25(29)32-24(23)21-14-13-18(15-27-21)17-9-5-4-6-10-17/h4-15,28H,3H2,1-2H3/b22-16+. The van der Waals surface area contributed by atoms with Crippen LogP contribution >= 0.6 is 0 Å². The van der Waals surface area contributed by atoms with Crippen LogP contribution in [0.4, 0.5) is 0 Å². The summed E-state index contributed by atoms with van der Waals surface area (Å²) in [5.41, 5.74) is 1.86. The van der Waals surface area contributed by atoms with Crippen molar-refractivity contribution in [3.8, 4) is 22.6 Å². The molecular weight excluding hydrogens is 406 g/mol. The zero-order valence-electron chi connectivity index (χ0n) is 17.7. The number of benzene rings is 2. The molecule has 32 heavy (non-hydrogen) atoms. The predicted molar refractivity (Wildman–Crippen MR) is 123 cm³/mol. The van der Waals surface area contributed by atoms with Gasteiger partial charge in [-0.15, -0.1) is 0 Å². The van der Waals surface area contributed by atoms with Crippen LogP contribution in [0.3, 0.4) is 0 Å². The summed E-state index contributed by atoms with van der Waals surface area (Å²) in [5, 5.41) is 11.1. The summed E-state index contributed by atoms with van der Waals surface area (Å²) in [7, 11) is 0. The molecule has 0 unspecified atom stereocenters. The van der Waals surface area contributed by atoms with E-state index in [0.717, 1.165) is 11.1 Å². The van der Waals surface area contributed by atoms with Crippen LogP contribution in [-0.2, 0) is 9.53 Å². The number of pyridine rings is 1. The lowest BCUT2D eigenvalue weighted by Crippen LogP contribution is -2.13. The molecule has 0 bridgehead atoms. The first-order valence-corrected chi connectivity index (χ1v) is 10.2. The third kappa shape index (κ3) is 3.90. The average molecular weight is 427 g/mol. The third-order valence-corrected chi connectivity index (χ3v) is 5.03. The van der Waals surface area contributed by atoms with Crippen LogP contribution < -0.4 is 5.63 Å². The molecule has 1 N–H and O–H groups in total. The largest absolute Gasteiger partial charge is 0.512 e. The molecule has 0 aliphatic rings. The molecule has 6 heteroatoms. The molecule has 0 aliphatic carbocycles. The summed E-state index contributed by atoms with van der Waals surface area (Å²) in [6.45, 7) is 3.20. The Labute approximate surface area is 184 Å². The first-order chi connectivity index (χ1) is 15.5. The van der Waals surface area contributed by atoms with Gasteiger partial charge in [-0.05, 0) is 31.5 Å². The van der Waals surface area contributed by atoms with E-state index in [9.17, 15) is 14.7 Å². The first-order valence-electron chi connectivity index (χ1n) is 10.2. The quantitative estimate of drug-likeness (QED) is 0.261. The SMILES string of the molecule is CCOC(=O)/C(=C(\C)O)c1c(-c2ccc(-c3ccccc3)cn2)oc(=O)c2ccccc12. The number of allylic oxidation sites excluding steroid dienone is 1. The van der Waals surface area contributed by atoms with Crippen LogP contribution in [0, 0.1) is 0 Å². The van der Waals surface area contributed by atoms with Gasteiger partial charge in [0, 0.05) is 22.7 Å². The van der Waals surface area contributed by atoms with Gasteiger partial charge in [-0.1, -0.05) is 54.6 Å². The monoisotopic (exact) mass is 427 g/mol. The Kier molecular flexibility index (Phi) is 5.85. The number of fused-ring (bicyclic) bond motifs is 1. The van der Waals surface area contributed by atoms with Crippen molar-refractivity contribution in [3.63, 3.8) is 0 Å². The third-order valence-electron chi connectivity index (χ3n) is 5.03. The van der Waals surface area contributed by atoms with Gasteiger partial charge < -0.3 is 14.3 Å². The van der Waals surface area contributed by atoms with Crippen molar-refractivity contribution < 1.29 is 19.1 Å². The molecule has 160 valence electrons. The van der Waals surface area contributed by atoms with Gasteiger partial charge >= 0.3 is 11.6 Å². The number of ether oxygens (including phenoxy) is 1. The Hall–Kier alpha value is -4.19. The Morgan fingerprint density at radius 3 is 2.28 bits per heavy atom. The lowest BCUT2D eigenvalue weighted by molar-refractivity contribution is -0.136. The van der Waals surface area contributed by atoms with Crippen LogP contribution in [0.1, 0.15) is 19.4 Å². The molecule has 4 aromatic rings. The first kappa shape index (κ1) is 21.1.